The molecule has 2 rings (SSSR count). The first kappa shape index (κ1) is 15.6. The second kappa shape index (κ2) is 5.93. The van der Waals surface area contributed by atoms with E-state index in [1.54, 1.807) is 17.0 Å². The van der Waals surface area contributed by atoms with Crippen LogP contribution in [0.3, 0.4) is 0 Å². The zero-order valence-corrected chi connectivity index (χ0v) is 12.9. The lowest BCUT2D eigenvalue weighted by Gasteiger charge is -2.39. The van der Waals surface area contributed by atoms with Crippen LogP contribution >= 0.6 is 0 Å². The Morgan fingerprint density at radius 2 is 2.05 bits per heavy atom. The number of rotatable bonds is 1. The quantitative estimate of drug-likeness (QED) is 0.834. The van der Waals surface area contributed by atoms with Gasteiger partial charge in [-0.1, -0.05) is 18.2 Å². The number of phenols is 1. The largest absolute Gasteiger partial charge is 0.508 e. The van der Waals surface area contributed by atoms with Crippen LogP contribution in [0.15, 0.2) is 24.3 Å². The third-order valence-corrected chi connectivity index (χ3v) is 3.57. The third-order valence-electron chi connectivity index (χ3n) is 3.57. The summed E-state index contributed by atoms with van der Waals surface area (Å²) in [6.07, 6.45) is 1.00. The summed E-state index contributed by atoms with van der Waals surface area (Å²) in [6.45, 7) is 6.07. The van der Waals surface area contributed by atoms with Crippen molar-refractivity contribution in [2.75, 3.05) is 6.54 Å². The minimum absolute atomic E-state index is 0.0216. The first-order valence-corrected chi connectivity index (χ1v) is 7.31. The number of carbonyl (C=O) groups excluding carboxylic acids is 1. The van der Waals surface area contributed by atoms with Crippen LogP contribution in [0.1, 0.15) is 45.2 Å². The van der Waals surface area contributed by atoms with Gasteiger partial charge in [0.05, 0.1) is 6.04 Å². The monoisotopic (exact) mass is 292 g/mol. The number of aromatic hydroxyl groups is 1. The van der Waals surface area contributed by atoms with Crippen molar-refractivity contribution in [1.29, 1.82) is 0 Å². The Morgan fingerprint density at radius 3 is 2.67 bits per heavy atom. The molecule has 2 unspecified atom stereocenters. The van der Waals surface area contributed by atoms with Gasteiger partial charge in [0.15, 0.2) is 0 Å². The molecule has 1 aromatic rings. The molecule has 1 saturated heterocycles. The second-order valence-electron chi connectivity index (χ2n) is 6.53. The average Bonchev–Trinajstić information content (AvgIpc) is 2.37. The van der Waals surface area contributed by atoms with Crippen molar-refractivity contribution in [3.05, 3.63) is 29.8 Å². The molecule has 1 aliphatic rings. The number of nitrogens with zero attached hydrogens (tertiary/aromatic N) is 1. The predicted molar refractivity (Wildman–Crippen MR) is 81.0 cm³/mol. The number of nitrogens with two attached hydrogens (primary N) is 1. The smallest absolute Gasteiger partial charge is 0.410 e. The number of carbonyl (C=O) groups is 1. The first-order valence-electron chi connectivity index (χ1n) is 7.31. The Balaban J connectivity index is 2.26. The van der Waals surface area contributed by atoms with Crippen molar-refractivity contribution in [2.45, 2.75) is 51.3 Å². The van der Waals surface area contributed by atoms with Crippen LogP contribution in [0.25, 0.3) is 0 Å². The van der Waals surface area contributed by atoms with E-state index in [1.807, 2.05) is 32.9 Å². The summed E-state index contributed by atoms with van der Waals surface area (Å²) in [5.41, 5.74) is 6.22. The highest BCUT2D eigenvalue weighted by molar-refractivity contribution is 5.69. The molecule has 116 valence electrons. The Morgan fingerprint density at radius 1 is 1.38 bits per heavy atom. The molecular formula is C16H24N2O3. The van der Waals surface area contributed by atoms with Gasteiger partial charge in [-0.15, -0.1) is 0 Å². The topological polar surface area (TPSA) is 75.8 Å². The lowest BCUT2D eigenvalue weighted by molar-refractivity contribution is 0.00776. The van der Waals surface area contributed by atoms with Gasteiger partial charge in [0, 0.05) is 18.2 Å². The minimum atomic E-state index is -0.542. The third kappa shape index (κ3) is 3.88. The van der Waals surface area contributed by atoms with Crippen molar-refractivity contribution < 1.29 is 14.6 Å². The van der Waals surface area contributed by atoms with Crippen molar-refractivity contribution in [2.24, 2.45) is 5.73 Å². The molecule has 0 spiro atoms. The number of benzene rings is 1. The first-order chi connectivity index (χ1) is 9.78. The van der Waals surface area contributed by atoms with Crippen molar-refractivity contribution in [1.82, 2.24) is 4.90 Å². The molecule has 0 aliphatic carbocycles. The maximum Gasteiger partial charge on any atom is 0.410 e. The average molecular weight is 292 g/mol. The normalized spacial score (nSPS) is 23.0. The molecule has 5 nitrogen and oxygen atoms in total. The van der Waals surface area contributed by atoms with Crippen LogP contribution < -0.4 is 5.73 Å². The van der Waals surface area contributed by atoms with Gasteiger partial charge in [0.25, 0.3) is 0 Å². The van der Waals surface area contributed by atoms with Gasteiger partial charge in [-0.25, -0.2) is 4.79 Å². The van der Waals surface area contributed by atoms with Gasteiger partial charge in [0.2, 0.25) is 0 Å². The molecule has 0 saturated carbocycles. The van der Waals surface area contributed by atoms with Crippen molar-refractivity contribution in [3.63, 3.8) is 0 Å². The highest BCUT2D eigenvalue weighted by Crippen LogP contribution is 2.35. The van der Waals surface area contributed by atoms with Crippen LogP contribution in [0.2, 0.25) is 0 Å². The zero-order chi connectivity index (χ0) is 15.6. The number of para-hydroxylation sites is 1. The molecular weight excluding hydrogens is 268 g/mol. The molecule has 5 heteroatoms. The molecule has 2 atom stereocenters. The lowest BCUT2D eigenvalue weighted by atomic mass is 9.92. The maximum atomic E-state index is 12.4. The molecule has 1 fully saturated rings. The number of phenolic OH excluding ortho intramolecular Hbond substituents is 1. The molecule has 21 heavy (non-hydrogen) atoms. The van der Waals surface area contributed by atoms with Crippen LogP contribution in [0, 0.1) is 0 Å². The van der Waals surface area contributed by atoms with Gasteiger partial charge >= 0.3 is 6.09 Å². The van der Waals surface area contributed by atoms with Gasteiger partial charge in [-0.3, -0.25) is 0 Å². The molecule has 0 radical (unpaired) electrons. The molecule has 1 aliphatic heterocycles. The molecule has 3 N–H and O–H groups in total. The van der Waals surface area contributed by atoms with E-state index in [9.17, 15) is 9.90 Å². The molecule has 0 aromatic heterocycles. The van der Waals surface area contributed by atoms with E-state index in [0.717, 1.165) is 12.0 Å². The fourth-order valence-electron chi connectivity index (χ4n) is 2.60. The van der Waals surface area contributed by atoms with Crippen LogP contribution in [0.4, 0.5) is 4.79 Å². The number of piperidine rings is 1. The van der Waals surface area contributed by atoms with Gasteiger partial charge < -0.3 is 20.5 Å². The van der Waals surface area contributed by atoms with E-state index in [-0.39, 0.29) is 23.9 Å². The summed E-state index contributed by atoms with van der Waals surface area (Å²) < 4.78 is 5.47. The van der Waals surface area contributed by atoms with E-state index >= 15 is 0 Å². The Bertz CT molecular complexity index is 510. The van der Waals surface area contributed by atoms with Gasteiger partial charge in [-0.2, -0.15) is 0 Å². The molecule has 1 amide bonds. The summed E-state index contributed by atoms with van der Waals surface area (Å²) >= 11 is 0. The van der Waals surface area contributed by atoms with E-state index in [2.05, 4.69) is 0 Å². The highest BCUT2D eigenvalue weighted by Gasteiger charge is 2.35. The summed E-state index contributed by atoms with van der Waals surface area (Å²) in [5, 5.41) is 10.1. The highest BCUT2D eigenvalue weighted by atomic mass is 16.6. The van der Waals surface area contributed by atoms with Gasteiger partial charge in [0.1, 0.15) is 11.4 Å². The van der Waals surface area contributed by atoms with E-state index < -0.39 is 5.60 Å². The fraction of sp³-hybridized carbons (Fsp3) is 0.562. The zero-order valence-electron chi connectivity index (χ0n) is 12.9. The summed E-state index contributed by atoms with van der Waals surface area (Å²) in [5.74, 6) is 0.185. The Labute approximate surface area is 125 Å². The molecule has 1 aromatic carbocycles. The molecule has 1 heterocycles. The molecule has 0 bridgehead atoms. The van der Waals surface area contributed by atoms with E-state index in [1.165, 1.54) is 0 Å². The maximum absolute atomic E-state index is 12.4. The standard InChI is InChI=1S/C16H24N2O3/c1-16(2,3)21-15(20)18-9-8-11(17)10-13(18)12-6-4-5-7-14(12)19/h4-7,11,13,19H,8-10,17H2,1-3H3. The van der Waals surface area contributed by atoms with Crippen LogP contribution in [-0.2, 0) is 4.74 Å². The van der Waals surface area contributed by atoms with Crippen molar-refractivity contribution in [3.8, 4) is 5.75 Å². The number of hydrogen-bond acceptors (Lipinski definition) is 4. The minimum Gasteiger partial charge on any atom is -0.508 e. The lowest BCUT2D eigenvalue weighted by Crippen LogP contribution is -2.46. The van der Waals surface area contributed by atoms with Crippen LogP contribution in [-0.4, -0.2) is 34.3 Å². The fourth-order valence-corrected chi connectivity index (χ4v) is 2.60. The predicted octanol–water partition coefficient (Wildman–Crippen LogP) is 2.79. The van der Waals surface area contributed by atoms with Gasteiger partial charge in [-0.05, 0) is 39.7 Å². The summed E-state index contributed by atoms with van der Waals surface area (Å²) in [6, 6.07) is 6.85. The number of ether oxygens (including phenoxy) is 1. The summed E-state index contributed by atoms with van der Waals surface area (Å²) in [4.78, 5) is 14.1. The van der Waals surface area contributed by atoms with E-state index in [0.29, 0.717) is 13.0 Å². The Kier molecular flexibility index (Phi) is 4.42. The number of amides is 1. The Hall–Kier alpha value is -1.75. The van der Waals surface area contributed by atoms with E-state index in [4.69, 9.17) is 10.5 Å². The van der Waals surface area contributed by atoms with Crippen molar-refractivity contribution >= 4 is 6.09 Å². The number of likely N-dealkylation sites (tertiary alicyclic amines) is 1. The number of hydrogen-bond donors (Lipinski definition) is 2. The SMILES string of the molecule is CC(C)(C)OC(=O)N1CCC(N)CC1c1ccccc1O. The second-order valence-corrected chi connectivity index (χ2v) is 6.53. The van der Waals surface area contributed by atoms with Crippen LogP contribution in [0.5, 0.6) is 5.75 Å². The summed E-state index contributed by atoms with van der Waals surface area (Å²) in [7, 11) is 0.